The van der Waals surface area contributed by atoms with E-state index in [9.17, 15) is 22.4 Å². The van der Waals surface area contributed by atoms with Crippen LogP contribution in [0.4, 0.5) is 17.6 Å². The van der Waals surface area contributed by atoms with Crippen LogP contribution in [0.3, 0.4) is 0 Å². The van der Waals surface area contributed by atoms with Gasteiger partial charge in [-0.15, -0.1) is 0 Å². The molecule has 2 aromatic heterocycles. The standard InChI is InChI=1S/C37H38F4N6O/c1-22(23-6-10-36(38,39)11-7-23)42-20-33-43-18-31(46-33)27-4-2-25-15-30-17-28(5-3-26(30)14-29(25)16-27)32-19-44-34(47-32)21-45-35(48)24-8-12-37(40,41)13-9-24/h2-5,14-19,23-24,42H,1,6-13,20-21H2,(H,43,46)(H,44,47)(H,45,48). The highest BCUT2D eigenvalue weighted by Crippen LogP contribution is 2.38. The monoisotopic (exact) mass is 658 g/mol. The van der Waals surface area contributed by atoms with Gasteiger partial charge in [-0.25, -0.2) is 27.5 Å². The van der Waals surface area contributed by atoms with Gasteiger partial charge >= 0.3 is 0 Å². The average molecular weight is 659 g/mol. The number of hydrogen-bond donors (Lipinski definition) is 4. The summed E-state index contributed by atoms with van der Waals surface area (Å²) in [6.45, 7) is 4.74. The van der Waals surface area contributed by atoms with Gasteiger partial charge in [-0.3, -0.25) is 4.79 Å². The molecule has 2 heterocycles. The van der Waals surface area contributed by atoms with Gasteiger partial charge in [-0.05, 0) is 77.4 Å². The van der Waals surface area contributed by atoms with Gasteiger partial charge in [0, 0.05) is 48.4 Å². The lowest BCUT2D eigenvalue weighted by molar-refractivity contribution is -0.129. The fourth-order valence-electron chi connectivity index (χ4n) is 6.88. The number of nitrogens with zero attached hydrogens (tertiary/aromatic N) is 2. The summed E-state index contributed by atoms with van der Waals surface area (Å²) < 4.78 is 53.9. The summed E-state index contributed by atoms with van der Waals surface area (Å²) in [6, 6.07) is 16.8. The molecule has 0 spiro atoms. The fourth-order valence-corrected chi connectivity index (χ4v) is 6.88. The highest BCUT2D eigenvalue weighted by molar-refractivity contribution is 6.00. The second-order valence-corrected chi connectivity index (χ2v) is 13.3. The number of aromatic nitrogens is 4. The lowest BCUT2D eigenvalue weighted by Crippen LogP contribution is -2.35. The number of nitrogens with one attached hydrogen (secondary N) is 4. The zero-order valence-electron chi connectivity index (χ0n) is 26.5. The molecule has 2 aliphatic carbocycles. The third-order valence-corrected chi connectivity index (χ3v) is 9.89. The third-order valence-electron chi connectivity index (χ3n) is 9.89. The van der Waals surface area contributed by atoms with Crippen LogP contribution in [0.2, 0.25) is 0 Å². The number of alkyl halides is 4. The van der Waals surface area contributed by atoms with Crippen molar-refractivity contribution in [2.45, 2.75) is 76.3 Å². The molecule has 0 bridgehead atoms. The van der Waals surface area contributed by atoms with E-state index in [-0.39, 0.29) is 62.8 Å². The van der Waals surface area contributed by atoms with Crippen molar-refractivity contribution >= 4 is 27.5 Å². The number of benzene rings is 3. The Bertz CT molecular complexity index is 1820. The lowest BCUT2D eigenvalue weighted by Gasteiger charge is -2.29. The van der Waals surface area contributed by atoms with Gasteiger partial charge in [-0.1, -0.05) is 30.8 Å². The summed E-state index contributed by atoms with van der Waals surface area (Å²) in [7, 11) is 0. The van der Waals surface area contributed by atoms with Gasteiger partial charge in [0.2, 0.25) is 17.8 Å². The molecule has 0 saturated heterocycles. The number of amides is 1. The van der Waals surface area contributed by atoms with Crippen LogP contribution in [0.15, 0.2) is 73.2 Å². The van der Waals surface area contributed by atoms with E-state index in [0.29, 0.717) is 25.2 Å². The van der Waals surface area contributed by atoms with Crippen LogP contribution in [0.25, 0.3) is 44.1 Å². The first kappa shape index (κ1) is 31.9. The third kappa shape index (κ3) is 7.10. The van der Waals surface area contributed by atoms with Gasteiger partial charge < -0.3 is 20.6 Å². The van der Waals surface area contributed by atoms with E-state index >= 15 is 0 Å². The molecule has 0 atom stereocenters. The van der Waals surface area contributed by atoms with Gasteiger partial charge in [0.05, 0.1) is 36.9 Å². The maximum atomic E-state index is 13.5. The number of hydrogen-bond acceptors (Lipinski definition) is 4. The Morgan fingerprint density at radius 3 is 1.65 bits per heavy atom. The molecule has 3 aromatic carbocycles. The molecule has 2 saturated carbocycles. The van der Waals surface area contributed by atoms with Gasteiger partial charge in [-0.2, -0.15) is 0 Å². The molecule has 250 valence electrons. The smallest absolute Gasteiger partial charge is 0.248 e. The molecule has 48 heavy (non-hydrogen) atoms. The first-order valence-corrected chi connectivity index (χ1v) is 16.5. The van der Waals surface area contributed by atoms with Gasteiger partial charge in [0.15, 0.2) is 0 Å². The van der Waals surface area contributed by atoms with Crippen LogP contribution in [0.1, 0.15) is 63.0 Å². The predicted molar refractivity (Wildman–Crippen MR) is 178 cm³/mol. The minimum Gasteiger partial charge on any atom is -0.381 e. The van der Waals surface area contributed by atoms with Crippen molar-refractivity contribution in [3.8, 4) is 22.5 Å². The Hall–Kier alpha value is -4.67. The largest absolute Gasteiger partial charge is 0.381 e. The van der Waals surface area contributed by atoms with Crippen LogP contribution in [0.5, 0.6) is 0 Å². The number of rotatable bonds is 9. The van der Waals surface area contributed by atoms with Crippen LogP contribution in [-0.2, 0) is 17.9 Å². The highest BCUT2D eigenvalue weighted by atomic mass is 19.3. The first-order valence-electron chi connectivity index (χ1n) is 16.5. The predicted octanol–water partition coefficient (Wildman–Crippen LogP) is 8.64. The summed E-state index contributed by atoms with van der Waals surface area (Å²) in [5.41, 5.74) is 4.46. The normalized spacial score (nSPS) is 18.2. The number of halogens is 4. The number of carbonyl (C=O) groups excluding carboxylic acids is 1. The van der Waals surface area contributed by atoms with Gasteiger partial charge in [0.1, 0.15) is 11.6 Å². The number of carbonyl (C=O) groups is 1. The van der Waals surface area contributed by atoms with E-state index in [1.165, 1.54) is 0 Å². The Kier molecular flexibility index (Phi) is 8.47. The Morgan fingerprint density at radius 2 is 1.15 bits per heavy atom. The minimum atomic E-state index is -2.66. The number of fused-ring (bicyclic) bond motifs is 2. The van der Waals surface area contributed by atoms with E-state index in [1.807, 2.05) is 6.07 Å². The summed E-state index contributed by atoms with van der Waals surface area (Å²) >= 11 is 0. The molecule has 7 nitrogen and oxygen atoms in total. The minimum absolute atomic E-state index is 0.0523. The SMILES string of the molecule is C=C(NCc1ncc(-c2ccc3cc4cc(-c5cnc(CNC(=O)C6CCC(F)(F)CC6)[nH]5)ccc4cc3c2)[nH]1)C1CCC(F)(F)CC1. The van der Waals surface area contributed by atoms with Crippen molar-refractivity contribution in [1.82, 2.24) is 30.6 Å². The van der Waals surface area contributed by atoms with Crippen molar-refractivity contribution in [2.24, 2.45) is 11.8 Å². The second kappa shape index (κ2) is 12.7. The average Bonchev–Trinajstić information content (AvgIpc) is 3.75. The van der Waals surface area contributed by atoms with Gasteiger partial charge in [0.25, 0.3) is 0 Å². The van der Waals surface area contributed by atoms with E-state index in [0.717, 1.165) is 55.6 Å². The quantitative estimate of drug-likeness (QED) is 0.0942. The van der Waals surface area contributed by atoms with E-state index < -0.39 is 11.8 Å². The molecule has 0 unspecified atom stereocenters. The summed E-state index contributed by atoms with van der Waals surface area (Å²) in [6.07, 6.45) is 4.15. The molecule has 0 radical (unpaired) electrons. The molecule has 4 N–H and O–H groups in total. The molecule has 1 amide bonds. The lowest BCUT2D eigenvalue weighted by atomic mass is 9.85. The van der Waals surface area contributed by atoms with Crippen molar-refractivity contribution in [3.05, 3.63) is 84.8 Å². The molecule has 11 heteroatoms. The summed E-state index contributed by atoms with van der Waals surface area (Å²) in [4.78, 5) is 28.1. The molecule has 2 fully saturated rings. The van der Waals surface area contributed by atoms with Crippen LogP contribution in [0, 0.1) is 11.8 Å². The molecule has 2 aliphatic rings. The summed E-state index contributed by atoms with van der Waals surface area (Å²) in [5, 5.41) is 10.5. The van der Waals surface area contributed by atoms with E-state index in [4.69, 9.17) is 0 Å². The molecular weight excluding hydrogens is 620 g/mol. The zero-order chi connectivity index (χ0) is 33.5. The van der Waals surface area contributed by atoms with Crippen molar-refractivity contribution in [3.63, 3.8) is 0 Å². The number of H-pyrrole nitrogens is 2. The Balaban J connectivity index is 0.984. The molecule has 0 aliphatic heterocycles. The molecule has 7 rings (SSSR count). The maximum Gasteiger partial charge on any atom is 0.248 e. The number of allylic oxidation sites excluding steroid dienone is 1. The topological polar surface area (TPSA) is 98.5 Å². The zero-order valence-corrected chi connectivity index (χ0v) is 26.5. The Labute approximate surface area is 275 Å². The van der Waals surface area contributed by atoms with Crippen molar-refractivity contribution in [1.29, 1.82) is 0 Å². The molecule has 5 aromatic rings. The Morgan fingerprint density at radius 1 is 0.688 bits per heavy atom. The molecular formula is C37H38F4N6O. The number of imidazole rings is 2. The summed E-state index contributed by atoms with van der Waals surface area (Å²) in [5.74, 6) is -4.40. The second-order valence-electron chi connectivity index (χ2n) is 13.3. The highest BCUT2D eigenvalue weighted by Gasteiger charge is 2.37. The van der Waals surface area contributed by atoms with Crippen molar-refractivity contribution < 1.29 is 22.4 Å². The van der Waals surface area contributed by atoms with Crippen LogP contribution >= 0.6 is 0 Å². The maximum absolute atomic E-state index is 13.5. The van der Waals surface area contributed by atoms with E-state index in [1.54, 1.807) is 12.4 Å². The van der Waals surface area contributed by atoms with E-state index in [2.05, 4.69) is 79.6 Å². The van der Waals surface area contributed by atoms with Crippen LogP contribution in [-0.4, -0.2) is 37.7 Å². The fraction of sp³-hybridized carbons (Fsp3) is 0.378. The van der Waals surface area contributed by atoms with Crippen LogP contribution < -0.4 is 10.6 Å². The van der Waals surface area contributed by atoms with Crippen molar-refractivity contribution in [2.75, 3.05) is 0 Å². The first-order chi connectivity index (χ1) is 23.0. The number of aromatic amines is 2.